The minimum absolute atomic E-state index is 0.520. The number of rotatable bonds is 5. The van der Waals surface area contributed by atoms with E-state index in [-0.39, 0.29) is 0 Å². The van der Waals surface area contributed by atoms with Gasteiger partial charge in [0.05, 0.1) is 0 Å². The number of benzene rings is 1. The van der Waals surface area contributed by atoms with Crippen molar-refractivity contribution in [3.63, 3.8) is 0 Å². The van der Waals surface area contributed by atoms with E-state index in [1.54, 1.807) is 11.3 Å². The summed E-state index contributed by atoms with van der Waals surface area (Å²) >= 11 is 1.76. The highest BCUT2D eigenvalue weighted by Crippen LogP contribution is 2.16. The van der Waals surface area contributed by atoms with Gasteiger partial charge in [0.2, 0.25) is 0 Å². The Labute approximate surface area is 113 Å². The van der Waals surface area contributed by atoms with Crippen molar-refractivity contribution in [1.29, 1.82) is 0 Å². The molecule has 3 heteroatoms. The van der Waals surface area contributed by atoms with Crippen LogP contribution in [0.4, 0.5) is 5.69 Å². The first-order chi connectivity index (χ1) is 8.65. The lowest BCUT2D eigenvalue weighted by atomic mass is 10.1. The number of hydrogen-bond acceptors (Lipinski definition) is 3. The average molecular weight is 260 g/mol. The van der Waals surface area contributed by atoms with Crippen LogP contribution in [0.1, 0.15) is 25.0 Å². The van der Waals surface area contributed by atoms with E-state index in [0.29, 0.717) is 6.04 Å². The fraction of sp³-hybridized carbons (Fsp3) is 0.333. The summed E-state index contributed by atoms with van der Waals surface area (Å²) in [5.41, 5.74) is 9.33. The van der Waals surface area contributed by atoms with Gasteiger partial charge in [-0.15, -0.1) is 0 Å². The van der Waals surface area contributed by atoms with Gasteiger partial charge < -0.3 is 5.73 Å². The molecule has 1 aromatic carbocycles. The molecule has 0 radical (unpaired) electrons. The van der Waals surface area contributed by atoms with E-state index in [2.05, 4.69) is 47.7 Å². The van der Waals surface area contributed by atoms with Crippen LogP contribution in [0.5, 0.6) is 0 Å². The third-order valence-electron chi connectivity index (χ3n) is 3.03. The van der Waals surface area contributed by atoms with E-state index in [1.807, 2.05) is 12.1 Å². The van der Waals surface area contributed by atoms with Crippen molar-refractivity contribution >= 4 is 17.0 Å². The van der Waals surface area contributed by atoms with Gasteiger partial charge in [0.25, 0.3) is 0 Å². The van der Waals surface area contributed by atoms with E-state index in [4.69, 9.17) is 5.73 Å². The maximum Gasteiger partial charge on any atom is 0.0317 e. The molecule has 2 nitrogen and oxygen atoms in total. The zero-order chi connectivity index (χ0) is 13.0. The predicted molar refractivity (Wildman–Crippen MR) is 79.6 cm³/mol. The van der Waals surface area contributed by atoms with Crippen molar-refractivity contribution in [2.75, 3.05) is 5.73 Å². The molecule has 2 aromatic rings. The Hall–Kier alpha value is -1.32. The fourth-order valence-corrected chi connectivity index (χ4v) is 2.62. The predicted octanol–water partition coefficient (Wildman–Crippen LogP) is 3.74. The smallest absolute Gasteiger partial charge is 0.0317 e. The standard InChI is InChI=1S/C15H20N2S/c1-12(2)17(10-14-6-7-18-11-14)9-13-4-3-5-15(16)8-13/h3-8,11-12H,9-10,16H2,1-2H3. The molecule has 96 valence electrons. The summed E-state index contributed by atoms with van der Waals surface area (Å²) in [4.78, 5) is 2.46. The number of hydrogen-bond donors (Lipinski definition) is 1. The molecule has 0 aliphatic carbocycles. The second kappa shape index (κ2) is 6.03. The number of anilines is 1. The van der Waals surface area contributed by atoms with E-state index in [0.717, 1.165) is 18.8 Å². The molecule has 0 saturated heterocycles. The molecule has 0 amide bonds. The van der Waals surface area contributed by atoms with Gasteiger partial charge in [-0.2, -0.15) is 11.3 Å². The molecule has 0 spiro atoms. The molecule has 1 heterocycles. The zero-order valence-electron chi connectivity index (χ0n) is 11.0. The first-order valence-electron chi connectivity index (χ1n) is 6.24. The second-order valence-corrected chi connectivity index (χ2v) is 5.66. The Morgan fingerprint density at radius 2 is 1.94 bits per heavy atom. The first-order valence-corrected chi connectivity index (χ1v) is 7.19. The summed E-state index contributed by atoms with van der Waals surface area (Å²) in [6.07, 6.45) is 0. The highest BCUT2D eigenvalue weighted by Gasteiger charge is 2.11. The van der Waals surface area contributed by atoms with Gasteiger partial charge in [0.15, 0.2) is 0 Å². The fourth-order valence-electron chi connectivity index (χ4n) is 1.96. The summed E-state index contributed by atoms with van der Waals surface area (Å²) in [7, 11) is 0. The van der Waals surface area contributed by atoms with Crippen LogP contribution < -0.4 is 5.73 Å². The molecule has 0 unspecified atom stereocenters. The van der Waals surface area contributed by atoms with Crippen molar-refractivity contribution in [2.45, 2.75) is 33.0 Å². The number of thiophene rings is 1. The topological polar surface area (TPSA) is 29.3 Å². The van der Waals surface area contributed by atoms with Gasteiger partial charge in [-0.1, -0.05) is 12.1 Å². The zero-order valence-corrected chi connectivity index (χ0v) is 11.8. The van der Waals surface area contributed by atoms with Gasteiger partial charge in [-0.25, -0.2) is 0 Å². The largest absolute Gasteiger partial charge is 0.399 e. The minimum atomic E-state index is 0.520. The summed E-state index contributed by atoms with van der Waals surface area (Å²) in [5, 5.41) is 4.35. The molecule has 2 rings (SSSR count). The third-order valence-corrected chi connectivity index (χ3v) is 3.76. The van der Waals surface area contributed by atoms with Crippen LogP contribution in [0.15, 0.2) is 41.1 Å². The van der Waals surface area contributed by atoms with Gasteiger partial charge in [-0.05, 0) is 53.9 Å². The van der Waals surface area contributed by atoms with Crippen molar-refractivity contribution in [3.05, 3.63) is 52.2 Å². The monoisotopic (exact) mass is 260 g/mol. The van der Waals surface area contributed by atoms with Crippen molar-refractivity contribution in [3.8, 4) is 0 Å². The summed E-state index contributed by atoms with van der Waals surface area (Å²) in [5.74, 6) is 0. The lowest BCUT2D eigenvalue weighted by Crippen LogP contribution is -2.29. The van der Waals surface area contributed by atoms with Crippen LogP contribution in [-0.2, 0) is 13.1 Å². The van der Waals surface area contributed by atoms with Crippen LogP contribution in [0.2, 0.25) is 0 Å². The van der Waals surface area contributed by atoms with Crippen LogP contribution >= 0.6 is 11.3 Å². The highest BCUT2D eigenvalue weighted by molar-refractivity contribution is 7.07. The Balaban J connectivity index is 2.07. The molecule has 0 bridgehead atoms. The van der Waals surface area contributed by atoms with Gasteiger partial charge in [0.1, 0.15) is 0 Å². The SMILES string of the molecule is CC(C)N(Cc1ccsc1)Cc1cccc(N)c1. The Morgan fingerprint density at radius 1 is 1.17 bits per heavy atom. The lowest BCUT2D eigenvalue weighted by Gasteiger charge is -2.26. The molecule has 0 atom stereocenters. The summed E-state index contributed by atoms with van der Waals surface area (Å²) in [6, 6.07) is 10.9. The quantitative estimate of drug-likeness (QED) is 0.830. The van der Waals surface area contributed by atoms with Crippen molar-refractivity contribution < 1.29 is 0 Å². The van der Waals surface area contributed by atoms with Crippen LogP contribution in [0.3, 0.4) is 0 Å². The Kier molecular flexibility index (Phi) is 4.39. The van der Waals surface area contributed by atoms with Gasteiger partial charge in [0, 0.05) is 24.8 Å². The third kappa shape index (κ3) is 3.59. The van der Waals surface area contributed by atoms with Crippen molar-refractivity contribution in [1.82, 2.24) is 4.90 Å². The van der Waals surface area contributed by atoms with E-state index in [9.17, 15) is 0 Å². The summed E-state index contributed by atoms with van der Waals surface area (Å²) < 4.78 is 0. The normalized spacial score (nSPS) is 11.3. The molecule has 1 aromatic heterocycles. The van der Waals surface area contributed by atoms with Crippen molar-refractivity contribution in [2.24, 2.45) is 0 Å². The van der Waals surface area contributed by atoms with E-state index < -0.39 is 0 Å². The van der Waals surface area contributed by atoms with E-state index in [1.165, 1.54) is 11.1 Å². The molecule has 0 aliphatic rings. The molecular formula is C15H20N2S. The van der Waals surface area contributed by atoms with E-state index >= 15 is 0 Å². The van der Waals surface area contributed by atoms with Crippen LogP contribution in [0, 0.1) is 0 Å². The second-order valence-electron chi connectivity index (χ2n) is 4.88. The van der Waals surface area contributed by atoms with Gasteiger partial charge in [-0.3, -0.25) is 4.90 Å². The molecule has 2 N–H and O–H groups in total. The Morgan fingerprint density at radius 3 is 2.56 bits per heavy atom. The molecule has 0 fully saturated rings. The molecule has 0 aliphatic heterocycles. The van der Waals surface area contributed by atoms with Crippen LogP contribution in [0.25, 0.3) is 0 Å². The number of nitrogens with zero attached hydrogens (tertiary/aromatic N) is 1. The minimum Gasteiger partial charge on any atom is -0.399 e. The Bertz CT molecular complexity index is 477. The highest BCUT2D eigenvalue weighted by atomic mass is 32.1. The average Bonchev–Trinajstić information content (AvgIpc) is 2.81. The maximum atomic E-state index is 5.83. The maximum absolute atomic E-state index is 5.83. The molecule has 0 saturated carbocycles. The summed E-state index contributed by atoms with van der Waals surface area (Å²) in [6.45, 7) is 6.41. The number of nitrogens with two attached hydrogens (primary N) is 1. The molecule has 18 heavy (non-hydrogen) atoms. The lowest BCUT2D eigenvalue weighted by molar-refractivity contribution is 0.204. The first kappa shape index (κ1) is 13.1. The number of nitrogen functional groups attached to an aromatic ring is 1. The van der Waals surface area contributed by atoms with Gasteiger partial charge >= 0.3 is 0 Å². The molecular weight excluding hydrogens is 240 g/mol. The van der Waals surface area contributed by atoms with Crippen LogP contribution in [-0.4, -0.2) is 10.9 Å².